The average molecular weight is 417 g/mol. The van der Waals surface area contributed by atoms with Gasteiger partial charge >= 0.3 is 0 Å². The van der Waals surface area contributed by atoms with Gasteiger partial charge in [-0.05, 0) is 28.8 Å². The molecule has 0 unspecified atom stereocenters. The third kappa shape index (κ3) is 4.41. The lowest BCUT2D eigenvalue weighted by Gasteiger charge is -2.18. The lowest BCUT2D eigenvalue weighted by Crippen LogP contribution is -2.32. The van der Waals surface area contributed by atoms with Gasteiger partial charge in [0.25, 0.3) is 11.6 Å². The molecule has 0 saturated heterocycles. The Labute approximate surface area is 178 Å². The van der Waals surface area contributed by atoms with Gasteiger partial charge in [0.1, 0.15) is 0 Å². The summed E-state index contributed by atoms with van der Waals surface area (Å²) in [6.45, 7) is 1.14. The Morgan fingerprint density at radius 2 is 1.63 bits per heavy atom. The molecule has 1 aliphatic heterocycles. The van der Waals surface area contributed by atoms with Crippen molar-refractivity contribution >= 4 is 28.5 Å². The zero-order chi connectivity index (χ0) is 20.9. The fraction of sp³-hybridized carbons (Fsp3) is 0.130. The summed E-state index contributed by atoms with van der Waals surface area (Å²) in [5.74, 6) is 0.523. The molecule has 0 aromatic heterocycles. The van der Waals surface area contributed by atoms with Gasteiger partial charge in [-0.25, -0.2) is 0 Å². The molecular formula is C23H19N3O3S. The van der Waals surface area contributed by atoms with Crippen LogP contribution in [-0.4, -0.2) is 34.0 Å². The molecule has 0 fully saturated rings. The number of amidine groups is 1. The van der Waals surface area contributed by atoms with Crippen molar-refractivity contribution in [3.05, 3.63) is 100 Å². The molecule has 1 amide bonds. The number of carbonyl (C=O) groups excluding carboxylic acids is 1. The summed E-state index contributed by atoms with van der Waals surface area (Å²) in [6.07, 6.45) is 0. The van der Waals surface area contributed by atoms with Crippen molar-refractivity contribution in [2.24, 2.45) is 4.99 Å². The van der Waals surface area contributed by atoms with Crippen molar-refractivity contribution in [2.45, 2.75) is 5.75 Å². The average Bonchev–Trinajstić information content (AvgIpc) is 3.27. The summed E-state index contributed by atoms with van der Waals surface area (Å²) in [7, 11) is 0. The van der Waals surface area contributed by atoms with Crippen molar-refractivity contribution < 1.29 is 9.72 Å². The van der Waals surface area contributed by atoms with Crippen LogP contribution in [0.25, 0.3) is 11.1 Å². The maximum Gasteiger partial charge on any atom is 0.269 e. The predicted molar refractivity (Wildman–Crippen MR) is 120 cm³/mol. The number of nitrogens with zero attached hydrogens (tertiary/aromatic N) is 3. The van der Waals surface area contributed by atoms with E-state index in [0.29, 0.717) is 29.6 Å². The second-order valence-electron chi connectivity index (χ2n) is 6.78. The minimum atomic E-state index is -0.415. The molecule has 0 saturated carbocycles. The van der Waals surface area contributed by atoms with Crippen LogP contribution in [0.5, 0.6) is 0 Å². The molecule has 0 atom stereocenters. The molecule has 0 spiro atoms. The zero-order valence-corrected chi connectivity index (χ0v) is 16.9. The summed E-state index contributed by atoms with van der Waals surface area (Å²) in [5, 5.41) is 11.5. The molecule has 4 rings (SSSR count). The van der Waals surface area contributed by atoms with Crippen molar-refractivity contribution in [1.29, 1.82) is 0 Å². The molecule has 0 bridgehead atoms. The second kappa shape index (κ2) is 8.92. The fourth-order valence-electron chi connectivity index (χ4n) is 3.19. The normalized spacial score (nSPS) is 13.2. The van der Waals surface area contributed by atoms with E-state index >= 15 is 0 Å². The Hall–Kier alpha value is -3.45. The van der Waals surface area contributed by atoms with Gasteiger partial charge in [0.2, 0.25) is 0 Å². The summed E-state index contributed by atoms with van der Waals surface area (Å²) >= 11 is 1.47. The molecule has 150 valence electrons. The zero-order valence-electron chi connectivity index (χ0n) is 16.1. The monoisotopic (exact) mass is 417 g/mol. The SMILES string of the molecule is O=C(c1ccc(-c2ccccc2)cc1)N1CCN=C1SCc1ccc([N+](=O)[O-])cc1. The van der Waals surface area contributed by atoms with Crippen LogP contribution < -0.4 is 0 Å². The number of non-ortho nitro benzene ring substituents is 1. The number of nitro groups is 1. The minimum absolute atomic E-state index is 0.0673. The molecule has 7 heteroatoms. The summed E-state index contributed by atoms with van der Waals surface area (Å²) in [6, 6.07) is 24.1. The van der Waals surface area contributed by atoms with Crippen LogP contribution in [0, 0.1) is 10.1 Å². The number of carbonyl (C=O) groups is 1. The van der Waals surface area contributed by atoms with E-state index in [1.165, 1.54) is 23.9 Å². The molecule has 30 heavy (non-hydrogen) atoms. The lowest BCUT2D eigenvalue weighted by molar-refractivity contribution is -0.384. The molecule has 1 heterocycles. The van der Waals surface area contributed by atoms with E-state index in [1.807, 2.05) is 54.6 Å². The molecule has 0 aliphatic carbocycles. The van der Waals surface area contributed by atoms with Gasteiger partial charge < -0.3 is 0 Å². The van der Waals surface area contributed by atoms with Crippen LogP contribution in [0.1, 0.15) is 15.9 Å². The molecule has 0 radical (unpaired) electrons. The summed E-state index contributed by atoms with van der Waals surface area (Å²) in [5.41, 5.74) is 3.81. The van der Waals surface area contributed by atoms with Gasteiger partial charge in [-0.2, -0.15) is 0 Å². The molecule has 0 N–H and O–H groups in total. The van der Waals surface area contributed by atoms with Crippen molar-refractivity contribution in [3.63, 3.8) is 0 Å². The van der Waals surface area contributed by atoms with Crippen LogP contribution in [-0.2, 0) is 5.75 Å². The molecular weight excluding hydrogens is 398 g/mol. The minimum Gasteiger partial charge on any atom is -0.286 e. The first kappa shape index (κ1) is 19.8. The number of amides is 1. The maximum atomic E-state index is 13.0. The van der Waals surface area contributed by atoms with E-state index < -0.39 is 4.92 Å². The summed E-state index contributed by atoms with van der Waals surface area (Å²) < 4.78 is 0. The third-order valence-corrected chi connectivity index (χ3v) is 5.89. The first-order valence-electron chi connectivity index (χ1n) is 9.50. The number of hydrogen-bond donors (Lipinski definition) is 0. The van der Waals surface area contributed by atoms with Crippen LogP contribution in [0.15, 0.2) is 83.9 Å². The molecule has 3 aromatic rings. The van der Waals surface area contributed by atoms with Crippen LogP contribution in [0.2, 0.25) is 0 Å². The standard InChI is InChI=1S/C23H19N3O3S/c27-22(20-10-8-19(9-11-20)18-4-2-1-3-5-18)25-15-14-24-23(25)30-16-17-6-12-21(13-7-17)26(28)29/h1-13H,14-16H2. The highest BCUT2D eigenvalue weighted by molar-refractivity contribution is 8.13. The smallest absolute Gasteiger partial charge is 0.269 e. The number of nitro benzene ring substituents is 1. The van der Waals surface area contributed by atoms with Crippen LogP contribution >= 0.6 is 11.8 Å². The Morgan fingerprint density at radius 1 is 0.967 bits per heavy atom. The second-order valence-corrected chi connectivity index (χ2v) is 7.72. The highest BCUT2D eigenvalue weighted by atomic mass is 32.2. The lowest BCUT2D eigenvalue weighted by atomic mass is 10.0. The van der Waals surface area contributed by atoms with Gasteiger partial charge in [0.15, 0.2) is 5.17 Å². The molecule has 1 aliphatic rings. The summed E-state index contributed by atoms with van der Waals surface area (Å²) in [4.78, 5) is 29.5. The molecule has 3 aromatic carbocycles. The molecule has 6 nitrogen and oxygen atoms in total. The third-order valence-electron chi connectivity index (χ3n) is 4.80. The van der Waals surface area contributed by atoms with E-state index in [1.54, 1.807) is 17.0 Å². The van der Waals surface area contributed by atoms with Gasteiger partial charge in [-0.15, -0.1) is 0 Å². The van der Waals surface area contributed by atoms with Gasteiger partial charge in [0.05, 0.1) is 11.5 Å². The predicted octanol–water partition coefficient (Wildman–Crippen LogP) is 5.01. The first-order chi connectivity index (χ1) is 14.6. The van der Waals surface area contributed by atoms with E-state index in [9.17, 15) is 14.9 Å². The van der Waals surface area contributed by atoms with E-state index in [-0.39, 0.29) is 11.6 Å². The number of hydrogen-bond acceptors (Lipinski definition) is 5. The number of benzene rings is 3. The largest absolute Gasteiger partial charge is 0.286 e. The van der Waals surface area contributed by atoms with Crippen molar-refractivity contribution in [1.82, 2.24) is 4.90 Å². The van der Waals surface area contributed by atoms with E-state index in [2.05, 4.69) is 4.99 Å². The van der Waals surface area contributed by atoms with Crippen LogP contribution in [0.4, 0.5) is 5.69 Å². The van der Waals surface area contributed by atoms with E-state index in [0.717, 1.165) is 16.7 Å². The fourth-order valence-corrected chi connectivity index (χ4v) is 4.19. The van der Waals surface area contributed by atoms with Crippen LogP contribution in [0.3, 0.4) is 0 Å². The Morgan fingerprint density at radius 3 is 2.30 bits per heavy atom. The van der Waals surface area contributed by atoms with Gasteiger partial charge in [-0.1, -0.05) is 66.4 Å². The Bertz CT molecular complexity index is 1080. The quantitative estimate of drug-likeness (QED) is 0.432. The first-order valence-corrected chi connectivity index (χ1v) is 10.5. The highest BCUT2D eigenvalue weighted by Gasteiger charge is 2.25. The number of aliphatic imine (C=N–C) groups is 1. The number of rotatable bonds is 5. The van der Waals surface area contributed by atoms with Gasteiger partial charge in [0, 0.05) is 30.0 Å². The topological polar surface area (TPSA) is 75.8 Å². The number of thioether (sulfide) groups is 1. The Kier molecular flexibility index (Phi) is 5.90. The van der Waals surface area contributed by atoms with E-state index in [4.69, 9.17) is 0 Å². The maximum absolute atomic E-state index is 13.0. The van der Waals surface area contributed by atoms with Gasteiger partial charge in [-0.3, -0.25) is 24.8 Å². The Balaban J connectivity index is 1.41. The van der Waals surface area contributed by atoms with Crippen molar-refractivity contribution in [2.75, 3.05) is 13.1 Å². The highest BCUT2D eigenvalue weighted by Crippen LogP contribution is 2.24. The van der Waals surface area contributed by atoms with Crippen molar-refractivity contribution in [3.8, 4) is 11.1 Å².